The number of allylic oxidation sites excluding steroid dienone is 7. The molecule has 0 saturated heterocycles. The van der Waals surface area contributed by atoms with Crippen molar-refractivity contribution in [3.8, 4) is 0 Å². The molecule has 0 heterocycles. The van der Waals surface area contributed by atoms with E-state index in [1.54, 1.807) is 13.0 Å². The first kappa shape index (κ1) is 23.7. The third-order valence-electron chi connectivity index (χ3n) is 5.10. The Hall–Kier alpha value is -2.36. The zero-order chi connectivity index (χ0) is 21.3. The molecule has 0 fully saturated rings. The Kier molecular flexibility index (Phi) is 9.17. The number of rotatable bonds is 7. The highest BCUT2D eigenvalue weighted by molar-refractivity contribution is 5.97. The molecule has 1 aliphatic carbocycles. The van der Waals surface area contributed by atoms with E-state index in [4.69, 9.17) is 4.74 Å². The molecule has 0 aliphatic heterocycles. The molecule has 154 valence electrons. The Labute approximate surface area is 170 Å². The smallest absolute Gasteiger partial charge is 0.338 e. The van der Waals surface area contributed by atoms with Crippen LogP contribution in [0.4, 0.5) is 0 Å². The largest absolute Gasteiger partial charge is 0.465 e. The summed E-state index contributed by atoms with van der Waals surface area (Å²) in [5, 5.41) is 2.70. The van der Waals surface area contributed by atoms with Crippen LogP contribution in [0.3, 0.4) is 0 Å². The van der Waals surface area contributed by atoms with Gasteiger partial charge >= 0.3 is 5.97 Å². The quantitative estimate of drug-likeness (QED) is 0.372. The highest BCUT2D eigenvalue weighted by atomic mass is 16.5. The van der Waals surface area contributed by atoms with E-state index in [9.17, 15) is 9.59 Å². The molecule has 0 bridgehead atoms. The maximum Gasteiger partial charge on any atom is 0.338 e. The van der Waals surface area contributed by atoms with Crippen LogP contribution < -0.4 is 5.32 Å². The Balaban J connectivity index is 3.11. The van der Waals surface area contributed by atoms with E-state index in [-0.39, 0.29) is 11.3 Å². The standard InChI is InChI=1S/C24H35NO3/c1-8-25-22(26)16-19(4)20(23(27)28-7)13-11-17(2)12-14-21-18(3)10-9-15-24(21,5)6/h11-14,16H,8-10,15H2,1-7H3,(H,25,26)/b14-12+,17-11+,19-16-,20-13-. The van der Waals surface area contributed by atoms with Gasteiger partial charge in [0.05, 0.1) is 12.7 Å². The van der Waals surface area contributed by atoms with Crippen molar-refractivity contribution in [1.82, 2.24) is 5.32 Å². The molecule has 28 heavy (non-hydrogen) atoms. The number of esters is 1. The number of methoxy groups -OCH3 is 1. The van der Waals surface area contributed by atoms with Crippen LogP contribution >= 0.6 is 0 Å². The lowest BCUT2D eigenvalue weighted by atomic mass is 9.72. The Morgan fingerprint density at radius 2 is 1.89 bits per heavy atom. The van der Waals surface area contributed by atoms with Crippen molar-refractivity contribution >= 4 is 11.9 Å². The van der Waals surface area contributed by atoms with Crippen LogP contribution in [0.5, 0.6) is 0 Å². The Bertz CT molecular complexity index is 746. The van der Waals surface area contributed by atoms with Crippen molar-refractivity contribution in [2.75, 3.05) is 13.7 Å². The fraction of sp³-hybridized carbons (Fsp3) is 0.500. The lowest BCUT2D eigenvalue weighted by molar-refractivity contribution is -0.135. The molecule has 4 nitrogen and oxygen atoms in total. The lowest BCUT2D eigenvalue weighted by Crippen LogP contribution is -2.21. The third kappa shape index (κ3) is 6.99. The molecule has 1 aliphatic rings. The summed E-state index contributed by atoms with van der Waals surface area (Å²) < 4.78 is 4.87. The first-order valence-corrected chi connectivity index (χ1v) is 9.94. The van der Waals surface area contributed by atoms with Gasteiger partial charge in [-0.05, 0) is 69.6 Å². The predicted molar refractivity (Wildman–Crippen MR) is 116 cm³/mol. The molecule has 0 radical (unpaired) electrons. The summed E-state index contributed by atoms with van der Waals surface area (Å²) >= 11 is 0. The van der Waals surface area contributed by atoms with Gasteiger partial charge in [0.2, 0.25) is 5.91 Å². The summed E-state index contributed by atoms with van der Waals surface area (Å²) in [5.74, 6) is -0.685. The first-order valence-electron chi connectivity index (χ1n) is 9.94. The molecule has 1 N–H and O–H groups in total. The van der Waals surface area contributed by atoms with Gasteiger partial charge in [0.25, 0.3) is 0 Å². The van der Waals surface area contributed by atoms with Gasteiger partial charge in [-0.3, -0.25) is 4.79 Å². The summed E-state index contributed by atoms with van der Waals surface area (Å²) in [5.41, 5.74) is 5.00. The van der Waals surface area contributed by atoms with Crippen molar-refractivity contribution in [3.05, 3.63) is 58.2 Å². The van der Waals surface area contributed by atoms with Crippen molar-refractivity contribution in [1.29, 1.82) is 0 Å². The molecule has 1 rings (SSSR count). The van der Waals surface area contributed by atoms with Gasteiger partial charge in [0.1, 0.15) is 0 Å². The molecule has 0 unspecified atom stereocenters. The fourth-order valence-corrected chi connectivity index (χ4v) is 3.47. The molecule has 0 spiro atoms. The molecule has 0 saturated carbocycles. The van der Waals surface area contributed by atoms with Gasteiger partial charge < -0.3 is 10.1 Å². The van der Waals surface area contributed by atoms with E-state index in [1.807, 2.05) is 19.9 Å². The molecule has 1 amide bonds. The van der Waals surface area contributed by atoms with E-state index in [2.05, 4.69) is 38.2 Å². The van der Waals surface area contributed by atoms with E-state index in [0.717, 1.165) is 12.0 Å². The minimum atomic E-state index is -0.460. The zero-order valence-electron chi connectivity index (χ0n) is 18.4. The van der Waals surface area contributed by atoms with Gasteiger partial charge in [-0.1, -0.05) is 43.2 Å². The summed E-state index contributed by atoms with van der Waals surface area (Å²) in [4.78, 5) is 23.9. The van der Waals surface area contributed by atoms with Crippen LogP contribution in [0.1, 0.15) is 60.8 Å². The number of hydrogen-bond donors (Lipinski definition) is 1. The van der Waals surface area contributed by atoms with Crippen molar-refractivity contribution in [2.24, 2.45) is 5.41 Å². The molecular weight excluding hydrogens is 350 g/mol. The normalized spacial score (nSPS) is 18.5. The maximum absolute atomic E-state index is 12.1. The van der Waals surface area contributed by atoms with Gasteiger partial charge in [-0.25, -0.2) is 4.79 Å². The molecular formula is C24H35NO3. The Morgan fingerprint density at radius 1 is 1.21 bits per heavy atom. The van der Waals surface area contributed by atoms with Crippen molar-refractivity contribution in [2.45, 2.75) is 60.8 Å². The van der Waals surface area contributed by atoms with Crippen LogP contribution in [-0.4, -0.2) is 25.5 Å². The van der Waals surface area contributed by atoms with Crippen LogP contribution in [0.2, 0.25) is 0 Å². The van der Waals surface area contributed by atoms with E-state index >= 15 is 0 Å². The SMILES string of the molecule is CCNC(=O)\C=C(C)/C(=C/C=C(C)/C=C/C1=C(C)CCCC1(C)C)C(=O)OC. The monoisotopic (exact) mass is 385 g/mol. The van der Waals surface area contributed by atoms with E-state index in [0.29, 0.717) is 17.7 Å². The third-order valence-corrected chi connectivity index (χ3v) is 5.10. The minimum absolute atomic E-state index is 0.193. The zero-order valence-corrected chi connectivity index (χ0v) is 18.4. The molecule has 0 aromatic heterocycles. The topological polar surface area (TPSA) is 55.4 Å². The van der Waals surface area contributed by atoms with Gasteiger partial charge in [-0.2, -0.15) is 0 Å². The van der Waals surface area contributed by atoms with Crippen molar-refractivity contribution < 1.29 is 14.3 Å². The second kappa shape index (κ2) is 10.8. The van der Waals surface area contributed by atoms with Crippen LogP contribution in [0.15, 0.2) is 58.2 Å². The van der Waals surface area contributed by atoms with Crippen LogP contribution in [-0.2, 0) is 14.3 Å². The summed E-state index contributed by atoms with van der Waals surface area (Å²) in [7, 11) is 1.34. The number of nitrogens with one attached hydrogen (secondary N) is 1. The van der Waals surface area contributed by atoms with Gasteiger partial charge in [0, 0.05) is 12.6 Å². The second-order valence-electron chi connectivity index (χ2n) is 7.97. The van der Waals surface area contributed by atoms with Gasteiger partial charge in [0.15, 0.2) is 0 Å². The summed E-state index contributed by atoms with van der Waals surface area (Å²) in [6.45, 7) is 12.9. The fourth-order valence-electron chi connectivity index (χ4n) is 3.47. The number of amides is 1. The minimum Gasteiger partial charge on any atom is -0.465 e. The van der Waals surface area contributed by atoms with Crippen LogP contribution in [0, 0.1) is 5.41 Å². The average molecular weight is 386 g/mol. The van der Waals surface area contributed by atoms with E-state index < -0.39 is 5.97 Å². The Morgan fingerprint density at radius 3 is 2.46 bits per heavy atom. The second-order valence-corrected chi connectivity index (χ2v) is 7.97. The molecule has 0 aromatic carbocycles. The summed E-state index contributed by atoms with van der Waals surface area (Å²) in [6.07, 6.45) is 12.9. The number of hydrogen-bond acceptors (Lipinski definition) is 3. The van der Waals surface area contributed by atoms with Gasteiger partial charge in [-0.15, -0.1) is 0 Å². The predicted octanol–water partition coefficient (Wildman–Crippen LogP) is 5.20. The highest BCUT2D eigenvalue weighted by Gasteiger charge is 2.26. The number of carbonyl (C=O) groups excluding carboxylic acids is 2. The number of ether oxygens (including phenoxy) is 1. The summed E-state index contributed by atoms with van der Waals surface area (Å²) in [6, 6.07) is 0. The molecule has 0 aromatic rings. The lowest BCUT2D eigenvalue weighted by Gasteiger charge is -2.32. The number of likely N-dealkylation sites (N-methyl/N-ethyl adjacent to an activating group) is 1. The number of carbonyl (C=O) groups is 2. The van der Waals surface area contributed by atoms with Crippen LogP contribution in [0.25, 0.3) is 0 Å². The average Bonchev–Trinajstić information content (AvgIpc) is 2.60. The van der Waals surface area contributed by atoms with E-state index in [1.165, 1.54) is 37.2 Å². The molecule has 4 heteroatoms. The van der Waals surface area contributed by atoms with Crippen molar-refractivity contribution in [3.63, 3.8) is 0 Å². The highest BCUT2D eigenvalue weighted by Crippen LogP contribution is 2.40. The maximum atomic E-state index is 12.1. The molecule has 0 atom stereocenters. The first-order chi connectivity index (χ1) is 13.1.